The summed E-state index contributed by atoms with van der Waals surface area (Å²) >= 11 is 0. The van der Waals surface area contributed by atoms with Gasteiger partial charge in [0, 0.05) is 12.0 Å². The molecule has 2 aromatic rings. The monoisotopic (exact) mass is 408 g/mol. The van der Waals surface area contributed by atoms with Crippen molar-refractivity contribution in [1.29, 1.82) is 0 Å². The normalized spacial score (nSPS) is 14.3. The maximum Gasteiger partial charge on any atom is 0.306 e. The predicted octanol–water partition coefficient (Wildman–Crippen LogP) is 5.81. The van der Waals surface area contributed by atoms with Gasteiger partial charge in [0.25, 0.3) is 0 Å². The molecule has 0 radical (unpaired) electrons. The largest absolute Gasteiger partial charge is 0.488 e. The topological polar surface area (TPSA) is 44.8 Å². The van der Waals surface area contributed by atoms with Gasteiger partial charge >= 0.3 is 5.97 Å². The molecule has 160 valence electrons. The molecule has 1 aliphatic heterocycles. The summed E-state index contributed by atoms with van der Waals surface area (Å²) in [5, 5.41) is 0. The highest BCUT2D eigenvalue weighted by Crippen LogP contribution is 2.41. The maximum atomic E-state index is 12.1. The Balaban J connectivity index is 1.76. The number of hydrogen-bond acceptors (Lipinski definition) is 4. The molecule has 4 heteroatoms. The molecule has 2 aromatic carbocycles. The second kappa shape index (κ2) is 9.84. The molecule has 1 heterocycles. The molecular weight excluding hydrogens is 376 g/mol. The zero-order chi connectivity index (χ0) is 21.6. The van der Waals surface area contributed by atoms with Crippen molar-refractivity contribution in [2.45, 2.75) is 65.6 Å². The van der Waals surface area contributed by atoms with Gasteiger partial charge < -0.3 is 14.2 Å². The number of rotatable bonds is 8. The Hall–Kier alpha value is -2.75. The van der Waals surface area contributed by atoms with Crippen molar-refractivity contribution in [1.82, 2.24) is 0 Å². The number of benzene rings is 2. The fourth-order valence-corrected chi connectivity index (χ4v) is 3.48. The molecule has 1 aliphatic rings. The lowest BCUT2D eigenvalue weighted by Crippen LogP contribution is -2.32. The fraction of sp³-hybridized carbons (Fsp3) is 0.423. The molecule has 0 spiro atoms. The first kappa shape index (κ1) is 21.9. The van der Waals surface area contributed by atoms with Crippen LogP contribution in [0, 0.1) is 0 Å². The minimum absolute atomic E-state index is 0.181. The van der Waals surface area contributed by atoms with Crippen LogP contribution in [-0.2, 0) is 29.0 Å². The first-order valence-corrected chi connectivity index (χ1v) is 10.6. The van der Waals surface area contributed by atoms with E-state index < -0.39 is 0 Å². The van der Waals surface area contributed by atoms with E-state index >= 15 is 0 Å². The van der Waals surface area contributed by atoms with E-state index in [2.05, 4.69) is 26.0 Å². The van der Waals surface area contributed by atoms with E-state index in [1.165, 1.54) is 0 Å². The molecule has 0 atom stereocenters. The number of carbonyl (C=O) groups excluding carboxylic acids is 1. The van der Waals surface area contributed by atoms with E-state index in [9.17, 15) is 4.79 Å². The highest BCUT2D eigenvalue weighted by Gasteiger charge is 2.29. The van der Waals surface area contributed by atoms with Gasteiger partial charge in [0.05, 0.1) is 0 Å². The van der Waals surface area contributed by atoms with Crippen molar-refractivity contribution in [3.8, 4) is 11.5 Å². The highest BCUT2D eigenvalue weighted by molar-refractivity contribution is 5.70. The number of hydrogen-bond donors (Lipinski definition) is 0. The minimum Gasteiger partial charge on any atom is -0.488 e. The van der Waals surface area contributed by atoms with E-state index in [4.69, 9.17) is 14.2 Å². The van der Waals surface area contributed by atoms with Crippen molar-refractivity contribution in [2.24, 2.45) is 0 Å². The molecule has 30 heavy (non-hydrogen) atoms. The summed E-state index contributed by atoms with van der Waals surface area (Å²) < 4.78 is 17.8. The Morgan fingerprint density at radius 1 is 1.13 bits per heavy atom. The van der Waals surface area contributed by atoms with Crippen molar-refractivity contribution < 1.29 is 19.0 Å². The molecule has 0 fully saturated rings. The molecule has 0 unspecified atom stereocenters. The van der Waals surface area contributed by atoms with Gasteiger partial charge in [0.1, 0.15) is 30.3 Å². The lowest BCUT2D eigenvalue weighted by molar-refractivity contribution is -0.142. The fourth-order valence-electron chi connectivity index (χ4n) is 3.48. The standard InChI is InChI=1S/C26H32O4/c1-19(2)15-17-28-24(27)13-11-21-10-12-23-22(14-16-26(3,4)30-23)25(21)29-18-20-8-6-5-7-9-20/h5-10,12,15H,11,13-14,16-18H2,1-4H3. The molecule has 0 saturated heterocycles. The highest BCUT2D eigenvalue weighted by atomic mass is 16.5. The molecule has 0 aliphatic carbocycles. The van der Waals surface area contributed by atoms with Gasteiger partial charge in [-0.05, 0) is 70.2 Å². The first-order valence-electron chi connectivity index (χ1n) is 10.6. The summed E-state index contributed by atoms with van der Waals surface area (Å²) in [7, 11) is 0. The molecule has 0 bridgehead atoms. The van der Waals surface area contributed by atoms with Crippen molar-refractivity contribution in [3.05, 3.63) is 70.8 Å². The van der Waals surface area contributed by atoms with Gasteiger partial charge in [-0.15, -0.1) is 0 Å². The second-order valence-electron chi connectivity index (χ2n) is 8.63. The number of esters is 1. The molecule has 0 N–H and O–H groups in total. The number of carbonyl (C=O) groups is 1. The van der Waals surface area contributed by atoms with Gasteiger partial charge in [0.15, 0.2) is 0 Å². The quantitative estimate of drug-likeness (QED) is 0.408. The van der Waals surface area contributed by atoms with E-state index in [0.29, 0.717) is 26.1 Å². The summed E-state index contributed by atoms with van der Waals surface area (Å²) in [6, 6.07) is 14.1. The van der Waals surface area contributed by atoms with E-state index in [1.54, 1.807) is 0 Å². The molecule has 4 nitrogen and oxygen atoms in total. The van der Waals surface area contributed by atoms with E-state index in [0.717, 1.165) is 46.6 Å². The molecular formula is C26H32O4. The average molecular weight is 409 g/mol. The zero-order valence-corrected chi connectivity index (χ0v) is 18.5. The number of aryl methyl sites for hydroxylation is 1. The zero-order valence-electron chi connectivity index (χ0n) is 18.5. The minimum atomic E-state index is -0.198. The number of fused-ring (bicyclic) bond motifs is 1. The van der Waals surface area contributed by atoms with Crippen LogP contribution in [0.3, 0.4) is 0 Å². The first-order chi connectivity index (χ1) is 14.3. The SMILES string of the molecule is CC(C)=CCOC(=O)CCc1ccc2c(c1OCc1ccccc1)CCC(C)(C)O2. The van der Waals surface area contributed by atoms with Gasteiger partial charge in [-0.1, -0.05) is 42.0 Å². The Kier molecular flexibility index (Phi) is 7.20. The Labute approximate surface area is 179 Å². The lowest BCUT2D eigenvalue weighted by atomic mass is 9.91. The van der Waals surface area contributed by atoms with Crippen molar-refractivity contribution in [3.63, 3.8) is 0 Å². The molecule has 0 aromatic heterocycles. The average Bonchev–Trinajstić information content (AvgIpc) is 2.70. The van der Waals surface area contributed by atoms with Crippen molar-refractivity contribution in [2.75, 3.05) is 6.61 Å². The van der Waals surface area contributed by atoms with Crippen LogP contribution in [0.25, 0.3) is 0 Å². The van der Waals surface area contributed by atoms with E-state index in [-0.39, 0.29) is 11.6 Å². The van der Waals surface area contributed by atoms with Crippen LogP contribution in [-0.4, -0.2) is 18.2 Å². The van der Waals surface area contributed by atoms with Gasteiger partial charge in [-0.3, -0.25) is 4.79 Å². The molecule has 0 amide bonds. The summed E-state index contributed by atoms with van der Waals surface area (Å²) in [6.07, 6.45) is 4.63. The van der Waals surface area contributed by atoms with E-state index in [1.807, 2.05) is 50.3 Å². The van der Waals surface area contributed by atoms with Crippen LogP contribution in [0.15, 0.2) is 54.1 Å². The Bertz CT molecular complexity index is 893. The third-order valence-corrected chi connectivity index (χ3v) is 5.22. The van der Waals surface area contributed by atoms with Crippen LogP contribution in [0.2, 0.25) is 0 Å². The van der Waals surface area contributed by atoms with Gasteiger partial charge in [0.2, 0.25) is 0 Å². The van der Waals surface area contributed by atoms with Crippen molar-refractivity contribution >= 4 is 5.97 Å². The summed E-state index contributed by atoms with van der Waals surface area (Å²) in [6.45, 7) is 9.00. The lowest BCUT2D eigenvalue weighted by Gasteiger charge is -2.34. The number of allylic oxidation sites excluding steroid dienone is 1. The Morgan fingerprint density at radius 2 is 1.90 bits per heavy atom. The predicted molar refractivity (Wildman–Crippen MR) is 119 cm³/mol. The van der Waals surface area contributed by atoms with Crippen LogP contribution in [0.1, 0.15) is 57.2 Å². The third kappa shape index (κ3) is 6.12. The van der Waals surface area contributed by atoms with Crippen LogP contribution >= 0.6 is 0 Å². The van der Waals surface area contributed by atoms with Crippen LogP contribution in [0.5, 0.6) is 11.5 Å². The molecule has 3 rings (SSSR count). The Morgan fingerprint density at radius 3 is 2.63 bits per heavy atom. The second-order valence-corrected chi connectivity index (χ2v) is 8.63. The van der Waals surface area contributed by atoms with Crippen LogP contribution < -0.4 is 9.47 Å². The van der Waals surface area contributed by atoms with Gasteiger partial charge in [-0.25, -0.2) is 0 Å². The third-order valence-electron chi connectivity index (χ3n) is 5.22. The summed E-state index contributed by atoms with van der Waals surface area (Å²) in [4.78, 5) is 12.1. The smallest absolute Gasteiger partial charge is 0.306 e. The summed E-state index contributed by atoms with van der Waals surface area (Å²) in [5.74, 6) is 1.53. The van der Waals surface area contributed by atoms with Crippen LogP contribution in [0.4, 0.5) is 0 Å². The molecule has 0 saturated carbocycles. The summed E-state index contributed by atoms with van der Waals surface area (Å²) in [5.41, 5.74) is 4.18. The number of ether oxygens (including phenoxy) is 3. The van der Waals surface area contributed by atoms with Gasteiger partial charge in [-0.2, -0.15) is 0 Å². The maximum absolute atomic E-state index is 12.1.